The fraction of sp³-hybridized carbons (Fsp3) is 0.118. The van der Waals surface area contributed by atoms with Crippen molar-refractivity contribution in [2.45, 2.75) is 5.03 Å². The van der Waals surface area contributed by atoms with Gasteiger partial charge in [-0.25, -0.2) is 0 Å². The largest absolute Gasteiger partial charge is 0.538 e. The summed E-state index contributed by atoms with van der Waals surface area (Å²) in [5.41, 5.74) is 1.07. The molecule has 10 heteroatoms. The Morgan fingerprint density at radius 1 is 1.26 bits per heavy atom. The van der Waals surface area contributed by atoms with Crippen LogP contribution in [0.3, 0.4) is 0 Å². The van der Waals surface area contributed by atoms with Gasteiger partial charge in [0.1, 0.15) is 5.75 Å². The second kappa shape index (κ2) is 8.51. The van der Waals surface area contributed by atoms with Gasteiger partial charge in [0, 0.05) is 27.9 Å². The molecule has 1 aromatic heterocycles. The summed E-state index contributed by atoms with van der Waals surface area (Å²) in [7, 11) is 1.56. The fourth-order valence-corrected chi connectivity index (χ4v) is 3.49. The van der Waals surface area contributed by atoms with E-state index in [1.54, 1.807) is 49.6 Å². The fourth-order valence-electron chi connectivity index (χ4n) is 2.21. The van der Waals surface area contributed by atoms with Crippen LogP contribution in [0.5, 0.6) is 11.7 Å². The summed E-state index contributed by atoms with van der Waals surface area (Å²) in [4.78, 5) is 12.2. The number of halogens is 2. The lowest BCUT2D eigenvalue weighted by molar-refractivity contribution is -0.705. The summed E-state index contributed by atoms with van der Waals surface area (Å²) in [5.74, 6) is -0.329. The zero-order valence-electron chi connectivity index (χ0n) is 13.9. The molecule has 0 saturated carbocycles. The van der Waals surface area contributed by atoms with Crippen molar-refractivity contribution < 1.29 is 23.8 Å². The minimum absolute atomic E-state index is 0.0310. The van der Waals surface area contributed by atoms with Crippen LogP contribution in [0.15, 0.2) is 52.0 Å². The highest BCUT2D eigenvalue weighted by Crippen LogP contribution is 2.25. The third kappa shape index (κ3) is 4.85. The third-order valence-electron chi connectivity index (χ3n) is 3.38. The monoisotopic (exact) mass is 425 g/mol. The number of thioether (sulfide) groups is 1. The van der Waals surface area contributed by atoms with Crippen LogP contribution in [0.1, 0.15) is 0 Å². The Hall–Kier alpha value is -2.42. The van der Waals surface area contributed by atoms with E-state index in [-0.39, 0.29) is 16.7 Å². The number of rotatable bonds is 6. The van der Waals surface area contributed by atoms with Crippen molar-refractivity contribution in [2.75, 3.05) is 18.2 Å². The van der Waals surface area contributed by atoms with Crippen molar-refractivity contribution in [1.29, 1.82) is 0 Å². The highest BCUT2D eigenvalue weighted by molar-refractivity contribution is 7.99. The molecule has 0 bridgehead atoms. The van der Waals surface area contributed by atoms with Crippen molar-refractivity contribution in [2.24, 2.45) is 0 Å². The van der Waals surface area contributed by atoms with Gasteiger partial charge >= 0.3 is 0 Å². The number of nitrogens with zero attached hydrogens (tertiary/aromatic N) is 2. The quantitative estimate of drug-likeness (QED) is 0.481. The first-order valence-electron chi connectivity index (χ1n) is 7.58. The van der Waals surface area contributed by atoms with Gasteiger partial charge in [-0.15, -0.1) is 0 Å². The molecule has 140 valence electrons. The van der Waals surface area contributed by atoms with Crippen molar-refractivity contribution >= 4 is 46.6 Å². The average molecular weight is 426 g/mol. The molecule has 0 saturated heterocycles. The molecule has 0 aliphatic rings. The molecule has 7 nitrogen and oxygen atoms in total. The number of benzene rings is 2. The lowest BCUT2D eigenvalue weighted by Gasteiger charge is -2.05. The topological polar surface area (TPSA) is 91.3 Å². The molecule has 0 spiro atoms. The molecule has 0 fully saturated rings. The molecule has 1 heterocycles. The van der Waals surface area contributed by atoms with E-state index in [1.807, 2.05) is 0 Å². The van der Waals surface area contributed by atoms with Gasteiger partial charge in [0.15, 0.2) is 5.95 Å². The molecule has 27 heavy (non-hydrogen) atoms. The molecule has 3 aromatic rings. The Morgan fingerprint density at radius 3 is 2.56 bits per heavy atom. The Bertz CT molecular complexity index is 943. The van der Waals surface area contributed by atoms with E-state index in [0.29, 0.717) is 27.2 Å². The van der Waals surface area contributed by atoms with E-state index >= 15 is 0 Å². The van der Waals surface area contributed by atoms with E-state index in [1.165, 1.54) is 4.68 Å². The first-order chi connectivity index (χ1) is 13.0. The third-order valence-corrected chi connectivity index (χ3v) is 4.83. The van der Waals surface area contributed by atoms with Crippen LogP contribution in [-0.2, 0) is 4.79 Å². The van der Waals surface area contributed by atoms with Crippen LogP contribution < -0.4 is 19.8 Å². The number of ether oxygens (including phenoxy) is 1. The molecule has 0 radical (unpaired) electrons. The molecule has 3 rings (SSSR count). The van der Waals surface area contributed by atoms with Crippen LogP contribution in [0, 0.1) is 0 Å². The number of amides is 1. The molecule has 0 aliphatic carbocycles. The zero-order chi connectivity index (χ0) is 19.4. The Balaban J connectivity index is 1.70. The summed E-state index contributed by atoms with van der Waals surface area (Å²) in [6.45, 7) is 0. The van der Waals surface area contributed by atoms with Crippen molar-refractivity contribution in [3.63, 3.8) is 0 Å². The van der Waals surface area contributed by atoms with E-state index in [2.05, 4.69) is 10.6 Å². The van der Waals surface area contributed by atoms with Crippen molar-refractivity contribution in [1.82, 2.24) is 5.27 Å². The normalized spacial score (nSPS) is 10.6. The summed E-state index contributed by atoms with van der Waals surface area (Å²) >= 11 is 12.8. The molecular weight excluding hydrogens is 413 g/mol. The predicted molar refractivity (Wildman–Crippen MR) is 99.8 cm³/mol. The van der Waals surface area contributed by atoms with Gasteiger partial charge in [-0.05, 0) is 46.8 Å². The van der Waals surface area contributed by atoms with Gasteiger partial charge in [-0.3, -0.25) is 4.79 Å². The van der Waals surface area contributed by atoms with E-state index in [4.69, 9.17) is 32.5 Å². The maximum absolute atomic E-state index is 12.2. The summed E-state index contributed by atoms with van der Waals surface area (Å²) in [6, 6.07) is 11.6. The smallest absolute Gasteiger partial charge is 0.298 e. The summed E-state index contributed by atoms with van der Waals surface area (Å²) in [5, 5.41) is 19.3. The van der Waals surface area contributed by atoms with Gasteiger partial charge in [0.05, 0.1) is 18.1 Å². The molecule has 0 atom stereocenters. The zero-order valence-corrected chi connectivity index (χ0v) is 16.3. The standard InChI is InChI=1S/C17H13Cl2N3O4S/c1-25-14-4-2-13(3-5-14)22-16(17(24)26-21-22)27-9-15(23)20-12-7-10(18)6-11(19)8-12/h2-8H,9H2,1H3,(H-,20,21,23,24). The first kappa shape index (κ1) is 19.3. The number of nitrogens with one attached hydrogen (secondary N) is 1. The van der Waals surface area contributed by atoms with Crippen molar-refractivity contribution in [3.05, 3.63) is 52.5 Å². The lowest BCUT2D eigenvalue weighted by atomic mass is 10.3. The molecule has 2 aromatic carbocycles. The average Bonchev–Trinajstić information content (AvgIpc) is 3.00. The van der Waals surface area contributed by atoms with Gasteiger partial charge < -0.3 is 19.7 Å². The van der Waals surface area contributed by atoms with E-state index in [9.17, 15) is 9.90 Å². The molecule has 0 aliphatic heterocycles. The van der Waals surface area contributed by atoms with Crippen LogP contribution in [0.2, 0.25) is 10.0 Å². The Kier molecular flexibility index (Phi) is 6.10. The van der Waals surface area contributed by atoms with Gasteiger partial charge in [-0.2, -0.15) is 0 Å². The van der Waals surface area contributed by atoms with Crippen molar-refractivity contribution in [3.8, 4) is 17.4 Å². The number of hydrogen-bond acceptors (Lipinski definition) is 6. The first-order valence-corrected chi connectivity index (χ1v) is 9.32. The van der Waals surface area contributed by atoms with Crippen LogP contribution in [0.4, 0.5) is 5.69 Å². The predicted octanol–water partition coefficient (Wildman–Crippen LogP) is 3.07. The Labute approximate surface area is 168 Å². The van der Waals surface area contributed by atoms with Gasteiger partial charge in [0.2, 0.25) is 11.6 Å². The number of anilines is 1. The number of carbonyl (C=O) groups excluding carboxylic acids is 1. The van der Waals surface area contributed by atoms with Crippen LogP contribution in [-0.4, -0.2) is 24.0 Å². The highest BCUT2D eigenvalue weighted by atomic mass is 35.5. The summed E-state index contributed by atoms with van der Waals surface area (Å²) < 4.78 is 11.2. The van der Waals surface area contributed by atoms with Crippen LogP contribution >= 0.6 is 35.0 Å². The van der Waals surface area contributed by atoms with Gasteiger partial charge in [-0.1, -0.05) is 23.2 Å². The second-order valence-corrected chi connectivity index (χ2v) is 7.11. The second-order valence-electron chi connectivity index (χ2n) is 5.27. The molecule has 1 amide bonds. The molecule has 0 unspecified atom stereocenters. The summed E-state index contributed by atoms with van der Waals surface area (Å²) in [6.07, 6.45) is 0. The number of aromatic nitrogens is 2. The molecular formula is C17H13Cl2N3O4S. The van der Waals surface area contributed by atoms with Crippen LogP contribution in [0.25, 0.3) is 5.69 Å². The van der Waals surface area contributed by atoms with Gasteiger partial charge in [0.25, 0.3) is 5.03 Å². The minimum atomic E-state index is -0.630. The number of methoxy groups -OCH3 is 1. The number of hydrogen-bond donors (Lipinski definition) is 1. The molecule has 1 N–H and O–H groups in total. The maximum Gasteiger partial charge on any atom is 0.298 e. The van der Waals surface area contributed by atoms with E-state index < -0.39 is 5.95 Å². The number of carbonyl (C=O) groups is 1. The Morgan fingerprint density at radius 2 is 1.93 bits per heavy atom. The SMILES string of the molecule is COc1ccc(-[n+]2noc([O-])c2SCC(=O)Nc2cc(Cl)cc(Cl)c2)cc1. The lowest BCUT2D eigenvalue weighted by Crippen LogP contribution is -2.35. The minimum Gasteiger partial charge on any atom is -0.538 e. The van der Waals surface area contributed by atoms with E-state index in [0.717, 1.165) is 11.8 Å². The maximum atomic E-state index is 12.2. The highest BCUT2D eigenvalue weighted by Gasteiger charge is 2.22.